The first-order valence-electron chi connectivity index (χ1n) is 4.91. The molecule has 1 aromatic rings. The molecule has 1 heterocycles. The van der Waals surface area contributed by atoms with Gasteiger partial charge in [0.05, 0.1) is 6.54 Å². The molecular weight excluding hydrogens is 194 g/mol. The number of nitrogens with two attached hydrogens (primary N) is 1. The van der Waals surface area contributed by atoms with Crippen molar-refractivity contribution >= 4 is 0 Å². The van der Waals surface area contributed by atoms with Crippen molar-refractivity contribution in [2.75, 3.05) is 6.54 Å². The minimum absolute atomic E-state index is 0.403. The summed E-state index contributed by atoms with van der Waals surface area (Å²) < 4.78 is 0. The number of nitrogens with zero attached hydrogens (tertiary/aromatic N) is 2. The monoisotopic (exact) mass is 207 g/mol. The molecule has 5 nitrogen and oxygen atoms in total. The SMILES string of the molecule is NC1(c2ccccc2)CCCN1[N+](=O)[O-]. The molecule has 2 N–H and O–H groups in total. The molecule has 1 aliphatic heterocycles. The summed E-state index contributed by atoms with van der Waals surface area (Å²) in [6.45, 7) is 0.415. The molecule has 1 saturated heterocycles. The lowest BCUT2D eigenvalue weighted by Gasteiger charge is -2.28. The van der Waals surface area contributed by atoms with Crippen molar-refractivity contribution < 1.29 is 5.03 Å². The zero-order chi connectivity index (χ0) is 10.9. The summed E-state index contributed by atoms with van der Waals surface area (Å²) in [6.07, 6.45) is 1.38. The third-order valence-electron chi connectivity index (χ3n) is 2.86. The van der Waals surface area contributed by atoms with E-state index in [9.17, 15) is 10.1 Å². The van der Waals surface area contributed by atoms with E-state index in [0.717, 1.165) is 17.0 Å². The van der Waals surface area contributed by atoms with E-state index in [1.54, 1.807) is 0 Å². The minimum Gasteiger partial charge on any atom is -0.300 e. The molecular formula is C10H13N3O2. The van der Waals surface area contributed by atoms with Crippen LogP contribution in [0.5, 0.6) is 0 Å². The number of rotatable bonds is 2. The van der Waals surface area contributed by atoms with E-state index in [1.807, 2.05) is 30.3 Å². The number of hydrogen-bond donors (Lipinski definition) is 1. The molecule has 0 radical (unpaired) electrons. The van der Waals surface area contributed by atoms with Crippen LogP contribution < -0.4 is 5.73 Å². The van der Waals surface area contributed by atoms with E-state index in [4.69, 9.17) is 5.73 Å². The van der Waals surface area contributed by atoms with Crippen molar-refractivity contribution in [2.24, 2.45) is 5.73 Å². The summed E-state index contributed by atoms with van der Waals surface area (Å²) in [5.41, 5.74) is 5.97. The molecule has 0 spiro atoms. The summed E-state index contributed by atoms with van der Waals surface area (Å²) in [4.78, 5) is 10.8. The van der Waals surface area contributed by atoms with Crippen molar-refractivity contribution in [3.63, 3.8) is 0 Å². The van der Waals surface area contributed by atoms with E-state index < -0.39 is 10.7 Å². The molecule has 1 atom stereocenters. The van der Waals surface area contributed by atoms with Crippen LogP contribution in [-0.2, 0) is 5.66 Å². The molecule has 0 bridgehead atoms. The molecule has 1 unspecified atom stereocenters. The number of hydrazine groups is 1. The molecule has 0 amide bonds. The Hall–Kier alpha value is -1.62. The zero-order valence-corrected chi connectivity index (χ0v) is 8.30. The van der Waals surface area contributed by atoms with Crippen molar-refractivity contribution in [3.8, 4) is 0 Å². The lowest BCUT2D eigenvalue weighted by molar-refractivity contribution is -0.672. The van der Waals surface area contributed by atoms with Crippen LogP contribution in [-0.4, -0.2) is 16.6 Å². The van der Waals surface area contributed by atoms with Gasteiger partial charge in [-0.15, -0.1) is 5.01 Å². The maximum atomic E-state index is 10.8. The molecule has 0 saturated carbocycles. The highest BCUT2D eigenvalue weighted by molar-refractivity contribution is 5.23. The second-order valence-electron chi connectivity index (χ2n) is 3.75. The van der Waals surface area contributed by atoms with Gasteiger partial charge in [0.2, 0.25) is 0 Å². The van der Waals surface area contributed by atoms with Gasteiger partial charge in [-0.1, -0.05) is 30.3 Å². The molecule has 0 aliphatic carbocycles. The van der Waals surface area contributed by atoms with Crippen LogP contribution in [0.3, 0.4) is 0 Å². The maximum Gasteiger partial charge on any atom is 0.173 e. The largest absolute Gasteiger partial charge is 0.300 e. The van der Waals surface area contributed by atoms with Gasteiger partial charge in [-0.2, -0.15) is 0 Å². The summed E-state index contributed by atoms with van der Waals surface area (Å²) in [5, 5.41) is 11.6. The first-order chi connectivity index (χ1) is 7.14. The Bertz CT molecular complexity index is 368. The molecule has 1 aromatic carbocycles. The smallest absolute Gasteiger partial charge is 0.173 e. The average Bonchev–Trinajstić information content (AvgIpc) is 2.63. The molecule has 15 heavy (non-hydrogen) atoms. The van der Waals surface area contributed by atoms with Crippen LogP contribution in [0.2, 0.25) is 0 Å². The van der Waals surface area contributed by atoms with Gasteiger partial charge >= 0.3 is 0 Å². The topological polar surface area (TPSA) is 72.4 Å². The Kier molecular flexibility index (Phi) is 2.32. The van der Waals surface area contributed by atoms with Crippen LogP contribution in [0, 0.1) is 10.1 Å². The van der Waals surface area contributed by atoms with Crippen LogP contribution >= 0.6 is 0 Å². The Balaban J connectivity index is 2.37. The highest BCUT2D eigenvalue weighted by Gasteiger charge is 2.45. The van der Waals surface area contributed by atoms with Gasteiger partial charge in [0.15, 0.2) is 10.7 Å². The summed E-state index contributed by atoms with van der Waals surface area (Å²) in [7, 11) is 0. The molecule has 2 rings (SSSR count). The average molecular weight is 207 g/mol. The summed E-state index contributed by atoms with van der Waals surface area (Å²) in [6, 6.07) is 9.24. The molecule has 1 aliphatic rings. The second kappa shape index (κ2) is 3.51. The van der Waals surface area contributed by atoms with Gasteiger partial charge in [0.25, 0.3) is 0 Å². The van der Waals surface area contributed by atoms with Gasteiger partial charge in [0.1, 0.15) is 0 Å². The van der Waals surface area contributed by atoms with Crippen LogP contribution in [0.25, 0.3) is 0 Å². The van der Waals surface area contributed by atoms with Crippen LogP contribution in [0.4, 0.5) is 0 Å². The number of hydrogen-bond acceptors (Lipinski definition) is 3. The highest BCUT2D eigenvalue weighted by atomic mass is 16.7. The van der Waals surface area contributed by atoms with Gasteiger partial charge in [-0.05, 0) is 18.4 Å². The summed E-state index contributed by atoms with van der Waals surface area (Å²) in [5.74, 6) is 0. The van der Waals surface area contributed by atoms with E-state index >= 15 is 0 Å². The first-order valence-corrected chi connectivity index (χ1v) is 4.91. The molecule has 5 heteroatoms. The molecule has 0 aromatic heterocycles. The standard InChI is InChI=1S/C10H13N3O2/c11-10(9-5-2-1-3-6-9)7-4-8-12(10)13(14)15/h1-3,5-6H,4,7-8,11H2. The number of nitro groups is 1. The molecule has 80 valence electrons. The summed E-state index contributed by atoms with van der Waals surface area (Å²) >= 11 is 0. The third kappa shape index (κ3) is 1.55. The fourth-order valence-electron chi connectivity index (χ4n) is 2.07. The quantitative estimate of drug-likeness (QED) is 0.582. The second-order valence-corrected chi connectivity index (χ2v) is 3.75. The van der Waals surface area contributed by atoms with Gasteiger partial charge in [-0.25, -0.2) is 10.1 Å². The van der Waals surface area contributed by atoms with Gasteiger partial charge < -0.3 is 5.73 Å². The number of benzene rings is 1. The predicted octanol–water partition coefficient (Wildman–Crippen LogP) is 1.09. The zero-order valence-electron chi connectivity index (χ0n) is 8.30. The Morgan fingerprint density at radius 1 is 1.40 bits per heavy atom. The van der Waals surface area contributed by atoms with Crippen LogP contribution in [0.1, 0.15) is 18.4 Å². The highest BCUT2D eigenvalue weighted by Crippen LogP contribution is 2.33. The minimum atomic E-state index is -0.940. The maximum absolute atomic E-state index is 10.8. The lowest BCUT2D eigenvalue weighted by atomic mass is 9.98. The van der Waals surface area contributed by atoms with Crippen LogP contribution in [0.15, 0.2) is 30.3 Å². The first kappa shape index (κ1) is 9.92. The Morgan fingerprint density at radius 2 is 2.07 bits per heavy atom. The van der Waals surface area contributed by atoms with Crippen molar-refractivity contribution in [3.05, 3.63) is 46.0 Å². The fraction of sp³-hybridized carbons (Fsp3) is 0.400. The molecule has 1 fully saturated rings. The van der Waals surface area contributed by atoms with E-state index in [1.165, 1.54) is 0 Å². The lowest BCUT2D eigenvalue weighted by Crippen LogP contribution is -2.51. The van der Waals surface area contributed by atoms with Gasteiger partial charge in [0, 0.05) is 0 Å². The van der Waals surface area contributed by atoms with Crippen molar-refractivity contribution in [2.45, 2.75) is 18.5 Å². The Morgan fingerprint density at radius 3 is 2.67 bits per heavy atom. The third-order valence-corrected chi connectivity index (χ3v) is 2.86. The normalized spacial score (nSPS) is 25.5. The van der Waals surface area contributed by atoms with E-state index in [-0.39, 0.29) is 0 Å². The van der Waals surface area contributed by atoms with Crippen molar-refractivity contribution in [1.82, 2.24) is 5.01 Å². The Labute approximate surface area is 87.6 Å². The van der Waals surface area contributed by atoms with E-state index in [2.05, 4.69) is 0 Å². The van der Waals surface area contributed by atoms with Crippen molar-refractivity contribution in [1.29, 1.82) is 0 Å². The van der Waals surface area contributed by atoms with Gasteiger partial charge in [-0.3, -0.25) is 0 Å². The fourth-order valence-corrected chi connectivity index (χ4v) is 2.07. The predicted molar refractivity (Wildman–Crippen MR) is 55.2 cm³/mol. The van der Waals surface area contributed by atoms with E-state index in [0.29, 0.717) is 13.0 Å².